The van der Waals surface area contributed by atoms with Gasteiger partial charge in [0, 0.05) is 13.1 Å². The molecule has 1 aromatic heterocycles. The fourth-order valence-electron chi connectivity index (χ4n) is 1.86. The maximum absolute atomic E-state index is 12.1. The molecule has 0 atom stereocenters. The van der Waals surface area contributed by atoms with E-state index >= 15 is 0 Å². The molecule has 0 unspecified atom stereocenters. The van der Waals surface area contributed by atoms with Gasteiger partial charge in [0.1, 0.15) is 6.42 Å². The van der Waals surface area contributed by atoms with Gasteiger partial charge in [-0.3, -0.25) is 4.90 Å². The summed E-state index contributed by atoms with van der Waals surface area (Å²) in [7, 11) is 0. The van der Waals surface area contributed by atoms with Gasteiger partial charge in [-0.25, -0.2) is 0 Å². The van der Waals surface area contributed by atoms with E-state index in [0.717, 1.165) is 32.6 Å². The van der Waals surface area contributed by atoms with Crippen LogP contribution in [0, 0.1) is 0 Å². The van der Waals surface area contributed by atoms with Gasteiger partial charge in [0.2, 0.25) is 5.89 Å². The molecule has 1 saturated heterocycles. The molecule has 0 bridgehead atoms. The first-order valence-corrected chi connectivity index (χ1v) is 5.84. The SMILES string of the molecule is Cl.FC(F)(F)Cc1noc(CN2CCCNCC2)n1. The number of aromatic nitrogens is 2. The Morgan fingerprint density at radius 3 is 2.79 bits per heavy atom. The van der Waals surface area contributed by atoms with Crippen LogP contribution in [0.15, 0.2) is 4.52 Å². The van der Waals surface area contributed by atoms with Crippen LogP contribution in [-0.2, 0) is 13.0 Å². The van der Waals surface area contributed by atoms with Crippen LogP contribution in [0.5, 0.6) is 0 Å². The largest absolute Gasteiger partial charge is 0.396 e. The number of rotatable bonds is 3. The van der Waals surface area contributed by atoms with E-state index in [4.69, 9.17) is 4.52 Å². The molecule has 1 aliphatic heterocycles. The lowest BCUT2D eigenvalue weighted by Gasteiger charge is -2.16. The Hall–Kier alpha value is -0.860. The Kier molecular flexibility index (Phi) is 6.02. The summed E-state index contributed by atoms with van der Waals surface area (Å²) in [5, 5.41) is 6.58. The summed E-state index contributed by atoms with van der Waals surface area (Å²) in [6.45, 7) is 3.94. The molecule has 9 heteroatoms. The fraction of sp³-hybridized carbons (Fsp3) is 0.800. The highest BCUT2D eigenvalue weighted by Crippen LogP contribution is 2.19. The smallest absolute Gasteiger partial charge is 0.338 e. The van der Waals surface area contributed by atoms with E-state index in [-0.39, 0.29) is 24.1 Å². The van der Waals surface area contributed by atoms with Crippen LogP contribution < -0.4 is 5.32 Å². The first kappa shape index (κ1) is 16.2. The molecule has 2 heterocycles. The lowest BCUT2D eigenvalue weighted by molar-refractivity contribution is -0.128. The quantitative estimate of drug-likeness (QED) is 0.914. The van der Waals surface area contributed by atoms with Crippen molar-refractivity contribution in [1.82, 2.24) is 20.4 Å². The van der Waals surface area contributed by atoms with E-state index in [9.17, 15) is 13.2 Å². The van der Waals surface area contributed by atoms with Crippen LogP contribution in [0.2, 0.25) is 0 Å². The minimum Gasteiger partial charge on any atom is -0.338 e. The Balaban J connectivity index is 0.00000180. The third kappa shape index (κ3) is 5.75. The zero-order chi connectivity index (χ0) is 13.0. The van der Waals surface area contributed by atoms with Gasteiger partial charge in [-0.15, -0.1) is 12.4 Å². The second-order valence-corrected chi connectivity index (χ2v) is 4.28. The second-order valence-electron chi connectivity index (χ2n) is 4.28. The Morgan fingerprint density at radius 1 is 1.26 bits per heavy atom. The molecule has 0 amide bonds. The van der Waals surface area contributed by atoms with Crippen molar-refractivity contribution in [2.45, 2.75) is 25.6 Å². The second kappa shape index (κ2) is 7.06. The number of nitrogens with zero attached hydrogens (tertiary/aromatic N) is 3. The third-order valence-corrected chi connectivity index (χ3v) is 2.66. The van der Waals surface area contributed by atoms with E-state index in [1.807, 2.05) is 0 Å². The standard InChI is InChI=1S/C10H15F3N4O.ClH/c11-10(12,13)6-8-15-9(18-16-8)7-17-4-1-2-14-3-5-17;/h14H,1-7H2;1H. The molecule has 0 radical (unpaired) electrons. The molecule has 0 aromatic carbocycles. The van der Waals surface area contributed by atoms with E-state index in [1.54, 1.807) is 0 Å². The van der Waals surface area contributed by atoms with Crippen molar-refractivity contribution in [3.63, 3.8) is 0 Å². The lowest BCUT2D eigenvalue weighted by atomic mass is 10.4. The predicted molar refractivity (Wildman–Crippen MR) is 64.1 cm³/mol. The summed E-state index contributed by atoms with van der Waals surface area (Å²) in [5.41, 5.74) is 0. The first-order chi connectivity index (χ1) is 8.53. The third-order valence-electron chi connectivity index (χ3n) is 2.66. The fourth-order valence-corrected chi connectivity index (χ4v) is 1.86. The maximum Gasteiger partial charge on any atom is 0.396 e. The van der Waals surface area contributed by atoms with Crippen LogP contribution in [-0.4, -0.2) is 47.4 Å². The van der Waals surface area contributed by atoms with Crippen LogP contribution >= 0.6 is 12.4 Å². The summed E-state index contributed by atoms with van der Waals surface area (Å²) < 4.78 is 41.2. The highest BCUT2D eigenvalue weighted by molar-refractivity contribution is 5.85. The van der Waals surface area contributed by atoms with Crippen LogP contribution in [0.4, 0.5) is 13.2 Å². The monoisotopic (exact) mass is 300 g/mol. The number of hydrogen-bond acceptors (Lipinski definition) is 5. The van der Waals surface area contributed by atoms with Crippen LogP contribution in [0.1, 0.15) is 18.1 Å². The summed E-state index contributed by atoms with van der Waals surface area (Å²) in [6, 6.07) is 0. The van der Waals surface area contributed by atoms with Crippen molar-refractivity contribution >= 4 is 12.4 Å². The molecule has 1 N–H and O–H groups in total. The highest BCUT2D eigenvalue weighted by atomic mass is 35.5. The Bertz CT molecular complexity index is 377. The van der Waals surface area contributed by atoms with Gasteiger partial charge in [-0.2, -0.15) is 18.2 Å². The van der Waals surface area contributed by atoms with Crippen molar-refractivity contribution < 1.29 is 17.7 Å². The Morgan fingerprint density at radius 2 is 2.05 bits per heavy atom. The van der Waals surface area contributed by atoms with Gasteiger partial charge in [0.05, 0.1) is 6.54 Å². The van der Waals surface area contributed by atoms with E-state index in [0.29, 0.717) is 6.54 Å². The van der Waals surface area contributed by atoms with Crippen LogP contribution in [0.3, 0.4) is 0 Å². The average Bonchev–Trinajstić information content (AvgIpc) is 2.53. The molecule has 0 aliphatic carbocycles. The lowest BCUT2D eigenvalue weighted by Crippen LogP contribution is -2.27. The van der Waals surface area contributed by atoms with E-state index in [2.05, 4.69) is 20.4 Å². The normalized spacial score (nSPS) is 17.8. The molecule has 0 saturated carbocycles. The highest BCUT2D eigenvalue weighted by Gasteiger charge is 2.30. The number of nitrogens with one attached hydrogen (secondary N) is 1. The minimum atomic E-state index is -4.30. The summed E-state index contributed by atoms with van der Waals surface area (Å²) in [4.78, 5) is 5.85. The van der Waals surface area contributed by atoms with E-state index in [1.165, 1.54) is 0 Å². The zero-order valence-electron chi connectivity index (χ0n) is 10.2. The zero-order valence-corrected chi connectivity index (χ0v) is 11.1. The van der Waals surface area contributed by atoms with E-state index < -0.39 is 12.6 Å². The summed E-state index contributed by atoms with van der Waals surface area (Å²) in [6.07, 6.45) is -4.44. The minimum absolute atomic E-state index is 0. The molecule has 19 heavy (non-hydrogen) atoms. The summed E-state index contributed by atoms with van der Waals surface area (Å²) >= 11 is 0. The van der Waals surface area contributed by atoms with Crippen molar-refractivity contribution in [1.29, 1.82) is 0 Å². The maximum atomic E-state index is 12.1. The Labute approximate surface area is 114 Å². The number of hydrogen-bond donors (Lipinski definition) is 1. The van der Waals surface area contributed by atoms with Crippen molar-refractivity contribution in [2.24, 2.45) is 0 Å². The van der Waals surface area contributed by atoms with Crippen LogP contribution in [0.25, 0.3) is 0 Å². The molecule has 1 fully saturated rings. The molecule has 1 aromatic rings. The van der Waals surface area contributed by atoms with Gasteiger partial charge in [0.25, 0.3) is 0 Å². The van der Waals surface area contributed by atoms with Gasteiger partial charge < -0.3 is 9.84 Å². The van der Waals surface area contributed by atoms with Gasteiger partial charge in [-0.1, -0.05) is 5.16 Å². The van der Waals surface area contributed by atoms with Gasteiger partial charge >= 0.3 is 6.18 Å². The number of halogens is 4. The molecule has 0 spiro atoms. The van der Waals surface area contributed by atoms with Gasteiger partial charge in [-0.05, 0) is 19.5 Å². The first-order valence-electron chi connectivity index (χ1n) is 5.84. The van der Waals surface area contributed by atoms with Crippen molar-refractivity contribution in [2.75, 3.05) is 26.2 Å². The number of alkyl halides is 3. The topological polar surface area (TPSA) is 54.2 Å². The molecular weight excluding hydrogens is 285 g/mol. The van der Waals surface area contributed by atoms with Crippen molar-refractivity contribution in [3.8, 4) is 0 Å². The molecular formula is C10H16ClF3N4O. The van der Waals surface area contributed by atoms with Gasteiger partial charge in [0.15, 0.2) is 5.82 Å². The average molecular weight is 301 g/mol. The molecule has 1 aliphatic rings. The molecule has 5 nitrogen and oxygen atoms in total. The predicted octanol–water partition coefficient (Wildman–Crippen LogP) is 1.39. The molecule has 2 rings (SSSR count). The van der Waals surface area contributed by atoms with Crippen molar-refractivity contribution in [3.05, 3.63) is 11.7 Å². The summed E-state index contributed by atoms with van der Waals surface area (Å²) in [5.74, 6) is -0.0541. The molecule has 110 valence electrons.